The second-order valence-electron chi connectivity index (χ2n) is 4.83. The third-order valence-corrected chi connectivity index (χ3v) is 3.42. The van der Waals surface area contributed by atoms with E-state index in [1.165, 1.54) is 0 Å². The van der Waals surface area contributed by atoms with Gasteiger partial charge >= 0.3 is 0 Å². The zero-order chi connectivity index (χ0) is 14.7. The standard InChI is InChI=1S/C19H15NO/c1-14(19(21)20-16-10-3-2-4-11-16)17-13-7-9-15-8-5-6-12-18(15)17/h2-13H,1H2,(H,20,21). The van der Waals surface area contributed by atoms with Gasteiger partial charge in [-0.3, -0.25) is 4.79 Å². The highest BCUT2D eigenvalue weighted by Gasteiger charge is 2.12. The van der Waals surface area contributed by atoms with Gasteiger partial charge < -0.3 is 5.32 Å². The monoisotopic (exact) mass is 273 g/mol. The Morgan fingerprint density at radius 2 is 1.48 bits per heavy atom. The topological polar surface area (TPSA) is 29.1 Å². The summed E-state index contributed by atoms with van der Waals surface area (Å²) < 4.78 is 0. The van der Waals surface area contributed by atoms with Crippen molar-refractivity contribution in [3.05, 3.63) is 84.9 Å². The molecular formula is C19H15NO. The highest BCUT2D eigenvalue weighted by atomic mass is 16.1. The Hall–Kier alpha value is -2.87. The van der Waals surface area contributed by atoms with Crippen LogP contribution in [0.25, 0.3) is 16.3 Å². The van der Waals surface area contributed by atoms with E-state index in [0.29, 0.717) is 5.57 Å². The maximum absolute atomic E-state index is 12.3. The molecule has 0 atom stereocenters. The Kier molecular flexibility index (Phi) is 3.52. The number of carbonyl (C=O) groups is 1. The second-order valence-corrected chi connectivity index (χ2v) is 4.83. The first-order valence-corrected chi connectivity index (χ1v) is 6.79. The summed E-state index contributed by atoms with van der Waals surface area (Å²) in [5, 5.41) is 5.00. The van der Waals surface area contributed by atoms with Gasteiger partial charge in [-0.05, 0) is 28.5 Å². The van der Waals surface area contributed by atoms with Gasteiger partial charge in [-0.25, -0.2) is 0 Å². The van der Waals surface area contributed by atoms with E-state index < -0.39 is 0 Å². The fraction of sp³-hybridized carbons (Fsp3) is 0. The molecular weight excluding hydrogens is 258 g/mol. The number of hydrogen-bond donors (Lipinski definition) is 1. The molecule has 0 heterocycles. The number of fused-ring (bicyclic) bond motifs is 1. The highest BCUT2D eigenvalue weighted by Crippen LogP contribution is 2.25. The predicted octanol–water partition coefficient (Wildman–Crippen LogP) is 4.49. The van der Waals surface area contributed by atoms with Crippen molar-refractivity contribution in [3.8, 4) is 0 Å². The van der Waals surface area contributed by atoms with E-state index in [4.69, 9.17) is 0 Å². The van der Waals surface area contributed by atoms with Crippen molar-refractivity contribution in [1.29, 1.82) is 0 Å². The fourth-order valence-corrected chi connectivity index (χ4v) is 2.34. The van der Waals surface area contributed by atoms with Crippen molar-refractivity contribution < 1.29 is 4.79 Å². The van der Waals surface area contributed by atoms with Crippen LogP contribution in [0.1, 0.15) is 5.56 Å². The minimum atomic E-state index is -0.183. The number of anilines is 1. The molecule has 0 radical (unpaired) electrons. The first kappa shape index (κ1) is 13.1. The van der Waals surface area contributed by atoms with Crippen LogP contribution in [0.15, 0.2) is 79.4 Å². The van der Waals surface area contributed by atoms with E-state index in [1.54, 1.807) is 0 Å². The first-order valence-electron chi connectivity index (χ1n) is 6.79. The van der Waals surface area contributed by atoms with E-state index in [1.807, 2.05) is 72.8 Å². The Labute approximate surface area is 123 Å². The lowest BCUT2D eigenvalue weighted by atomic mass is 9.99. The van der Waals surface area contributed by atoms with Gasteiger partial charge in [0, 0.05) is 11.3 Å². The number of hydrogen-bond acceptors (Lipinski definition) is 1. The van der Waals surface area contributed by atoms with Gasteiger partial charge in [-0.1, -0.05) is 67.2 Å². The van der Waals surface area contributed by atoms with E-state index >= 15 is 0 Å². The van der Waals surface area contributed by atoms with Gasteiger partial charge in [0.15, 0.2) is 0 Å². The summed E-state index contributed by atoms with van der Waals surface area (Å²) >= 11 is 0. The lowest BCUT2D eigenvalue weighted by molar-refractivity contribution is -0.111. The molecule has 0 aliphatic heterocycles. The van der Waals surface area contributed by atoms with E-state index in [0.717, 1.165) is 22.0 Å². The Morgan fingerprint density at radius 1 is 0.810 bits per heavy atom. The Balaban J connectivity index is 1.92. The van der Waals surface area contributed by atoms with Gasteiger partial charge in [0.1, 0.15) is 0 Å². The van der Waals surface area contributed by atoms with Gasteiger partial charge in [-0.15, -0.1) is 0 Å². The lowest BCUT2D eigenvalue weighted by Gasteiger charge is -2.10. The molecule has 0 aromatic heterocycles. The zero-order valence-electron chi connectivity index (χ0n) is 11.5. The third kappa shape index (κ3) is 2.70. The van der Waals surface area contributed by atoms with Crippen LogP contribution in [0, 0.1) is 0 Å². The molecule has 3 rings (SSSR count). The van der Waals surface area contributed by atoms with Crippen molar-refractivity contribution in [2.45, 2.75) is 0 Å². The molecule has 1 N–H and O–H groups in total. The minimum absolute atomic E-state index is 0.183. The van der Waals surface area contributed by atoms with Crippen molar-refractivity contribution in [2.24, 2.45) is 0 Å². The van der Waals surface area contributed by atoms with Crippen LogP contribution in [0.4, 0.5) is 5.69 Å². The molecule has 0 saturated heterocycles. The number of carbonyl (C=O) groups excluding carboxylic acids is 1. The fourth-order valence-electron chi connectivity index (χ4n) is 2.34. The molecule has 3 aromatic rings. The van der Waals surface area contributed by atoms with Crippen LogP contribution in [0.3, 0.4) is 0 Å². The second kappa shape index (κ2) is 5.63. The highest BCUT2D eigenvalue weighted by molar-refractivity contribution is 6.27. The average Bonchev–Trinajstić information content (AvgIpc) is 2.54. The molecule has 21 heavy (non-hydrogen) atoms. The average molecular weight is 273 g/mol. The minimum Gasteiger partial charge on any atom is -0.322 e. The smallest absolute Gasteiger partial charge is 0.255 e. The molecule has 0 unspecified atom stereocenters. The summed E-state index contributed by atoms with van der Waals surface area (Å²) in [7, 11) is 0. The van der Waals surface area contributed by atoms with Crippen LogP contribution < -0.4 is 5.32 Å². The van der Waals surface area contributed by atoms with E-state index in [2.05, 4.69) is 11.9 Å². The van der Waals surface area contributed by atoms with Crippen molar-refractivity contribution in [2.75, 3.05) is 5.32 Å². The zero-order valence-corrected chi connectivity index (χ0v) is 11.5. The number of rotatable bonds is 3. The molecule has 0 aliphatic rings. The molecule has 2 nitrogen and oxygen atoms in total. The molecule has 0 bridgehead atoms. The summed E-state index contributed by atoms with van der Waals surface area (Å²) in [5.74, 6) is -0.183. The lowest BCUT2D eigenvalue weighted by Crippen LogP contribution is -2.12. The molecule has 0 fully saturated rings. The Morgan fingerprint density at radius 3 is 2.29 bits per heavy atom. The molecule has 1 amide bonds. The number of benzene rings is 3. The first-order chi connectivity index (χ1) is 10.3. The summed E-state index contributed by atoms with van der Waals surface area (Å²) in [6, 6.07) is 23.3. The van der Waals surface area contributed by atoms with Crippen LogP contribution in [-0.4, -0.2) is 5.91 Å². The van der Waals surface area contributed by atoms with Crippen molar-refractivity contribution >= 4 is 27.9 Å². The summed E-state index contributed by atoms with van der Waals surface area (Å²) in [6.45, 7) is 3.96. The Bertz CT molecular complexity index is 801. The van der Waals surface area contributed by atoms with Crippen LogP contribution in [0.2, 0.25) is 0 Å². The summed E-state index contributed by atoms with van der Waals surface area (Å²) in [5.41, 5.74) is 2.10. The molecule has 0 saturated carbocycles. The van der Waals surface area contributed by atoms with Crippen LogP contribution >= 0.6 is 0 Å². The van der Waals surface area contributed by atoms with Gasteiger partial charge in [-0.2, -0.15) is 0 Å². The SMILES string of the molecule is C=C(C(=O)Nc1ccccc1)c1cccc2ccccc12. The maximum atomic E-state index is 12.3. The predicted molar refractivity (Wildman–Crippen MR) is 88.1 cm³/mol. The molecule has 3 aromatic carbocycles. The number of nitrogens with one attached hydrogen (secondary N) is 1. The molecule has 0 spiro atoms. The molecule has 102 valence electrons. The van der Waals surface area contributed by atoms with Gasteiger partial charge in [0.05, 0.1) is 0 Å². The maximum Gasteiger partial charge on any atom is 0.255 e. The van der Waals surface area contributed by atoms with Crippen LogP contribution in [-0.2, 0) is 4.79 Å². The summed E-state index contributed by atoms with van der Waals surface area (Å²) in [4.78, 5) is 12.3. The normalized spacial score (nSPS) is 10.3. The number of amides is 1. The van der Waals surface area contributed by atoms with Gasteiger partial charge in [0.25, 0.3) is 5.91 Å². The van der Waals surface area contributed by atoms with Crippen molar-refractivity contribution in [1.82, 2.24) is 0 Å². The largest absolute Gasteiger partial charge is 0.322 e. The van der Waals surface area contributed by atoms with E-state index in [9.17, 15) is 4.79 Å². The van der Waals surface area contributed by atoms with Crippen LogP contribution in [0.5, 0.6) is 0 Å². The van der Waals surface area contributed by atoms with Crippen molar-refractivity contribution in [3.63, 3.8) is 0 Å². The molecule has 2 heteroatoms. The number of para-hydroxylation sites is 1. The van der Waals surface area contributed by atoms with Gasteiger partial charge in [0.2, 0.25) is 0 Å². The quantitative estimate of drug-likeness (QED) is 0.700. The third-order valence-electron chi connectivity index (χ3n) is 3.42. The summed E-state index contributed by atoms with van der Waals surface area (Å²) in [6.07, 6.45) is 0. The van der Waals surface area contributed by atoms with E-state index in [-0.39, 0.29) is 5.91 Å². The molecule has 0 aliphatic carbocycles.